The van der Waals surface area contributed by atoms with Gasteiger partial charge in [0, 0.05) is 53.5 Å². The Morgan fingerprint density at radius 2 is 1.33 bits per heavy atom. The molecule has 254 valence electrons. The van der Waals surface area contributed by atoms with Crippen LogP contribution in [0.5, 0.6) is 0 Å². The molecule has 8 aromatic rings. The fourth-order valence-electron chi connectivity index (χ4n) is 8.14. The maximum atomic E-state index is 14.2. The minimum Gasteiger partial charge on any atom is -0.377 e. The summed E-state index contributed by atoms with van der Waals surface area (Å²) in [5.41, 5.74) is 4.99. The van der Waals surface area contributed by atoms with E-state index in [1.807, 2.05) is 85.2 Å². The summed E-state index contributed by atoms with van der Waals surface area (Å²) in [4.78, 5) is 39.9. The summed E-state index contributed by atoms with van der Waals surface area (Å²) in [6.45, 7) is 0.718. The van der Waals surface area contributed by atoms with E-state index in [1.165, 1.54) is 0 Å². The lowest BCUT2D eigenvalue weighted by Crippen LogP contribution is -2.33. The van der Waals surface area contributed by atoms with Crippen LogP contribution in [0.4, 0.5) is 11.4 Å². The highest BCUT2D eigenvalue weighted by Gasteiger charge is 2.39. The van der Waals surface area contributed by atoms with Gasteiger partial charge in [-0.25, -0.2) is 19.7 Å². The molecule has 0 aliphatic carbocycles. The number of imidazole rings is 2. The molecule has 0 spiro atoms. The third kappa shape index (κ3) is 4.68. The number of aromatic amines is 2. The monoisotopic (exact) mass is 684 g/mol. The summed E-state index contributed by atoms with van der Waals surface area (Å²) in [6.07, 6.45) is 7.27. The Bertz CT molecular complexity index is 2720. The van der Waals surface area contributed by atoms with Crippen molar-refractivity contribution in [1.29, 1.82) is 0 Å². The molecule has 10 rings (SSSR count). The molecule has 2 aliphatic heterocycles. The molecule has 0 fully saturated rings. The maximum Gasteiger partial charge on any atom is 0.274 e. The van der Waals surface area contributed by atoms with Crippen LogP contribution < -0.4 is 21.8 Å². The average Bonchev–Trinajstić information content (AvgIpc) is 3.90. The van der Waals surface area contributed by atoms with Crippen LogP contribution in [-0.2, 0) is 13.1 Å². The first-order valence-electron chi connectivity index (χ1n) is 17.3. The lowest BCUT2D eigenvalue weighted by Gasteiger charge is -2.34. The molecule has 0 saturated carbocycles. The molecule has 0 saturated heterocycles. The van der Waals surface area contributed by atoms with Crippen molar-refractivity contribution in [1.82, 2.24) is 39.5 Å². The van der Waals surface area contributed by atoms with Crippen molar-refractivity contribution in [3.05, 3.63) is 177 Å². The first kappa shape index (κ1) is 30.0. The second-order valence-electron chi connectivity index (χ2n) is 13.3. The molecule has 0 amide bonds. The Morgan fingerprint density at radius 1 is 0.654 bits per heavy atom. The highest BCUT2D eigenvalue weighted by Crippen LogP contribution is 2.47. The van der Waals surface area contributed by atoms with Gasteiger partial charge in [-0.3, -0.25) is 9.59 Å². The van der Waals surface area contributed by atoms with Crippen molar-refractivity contribution in [3.8, 4) is 0 Å². The number of hydrogen-bond acceptors (Lipinski definition) is 8. The zero-order chi connectivity index (χ0) is 34.8. The molecule has 12 heteroatoms. The SMILES string of the molecule is O=c1[nH]nc2c3c(cccc13)NC(c1ccccc1)C2c1nccn1CCn1nc2c3c(cccc3c1=O)NC(c1ccccc1)C2c1ncc[nH]1. The van der Waals surface area contributed by atoms with E-state index in [0.717, 1.165) is 56.3 Å². The number of hydrogen-bond donors (Lipinski definition) is 4. The van der Waals surface area contributed by atoms with Gasteiger partial charge in [0.05, 0.1) is 52.6 Å². The number of nitrogens with zero attached hydrogens (tertiary/aromatic N) is 6. The fraction of sp³-hybridized carbons (Fsp3) is 0.150. The molecule has 4 N–H and O–H groups in total. The van der Waals surface area contributed by atoms with Crippen LogP contribution >= 0.6 is 0 Å². The van der Waals surface area contributed by atoms with E-state index < -0.39 is 0 Å². The summed E-state index contributed by atoms with van der Waals surface area (Å²) in [5.74, 6) is 0.899. The summed E-state index contributed by atoms with van der Waals surface area (Å²) in [7, 11) is 0. The molecule has 0 radical (unpaired) electrons. The van der Waals surface area contributed by atoms with Crippen molar-refractivity contribution in [2.45, 2.75) is 37.0 Å². The quantitative estimate of drug-likeness (QED) is 0.163. The number of aromatic nitrogens is 8. The number of benzene rings is 4. The fourth-order valence-corrected chi connectivity index (χ4v) is 8.14. The number of aryl methyl sites for hydroxylation is 2. The smallest absolute Gasteiger partial charge is 0.274 e. The van der Waals surface area contributed by atoms with Gasteiger partial charge in [0.2, 0.25) is 0 Å². The zero-order valence-electron chi connectivity index (χ0n) is 27.8. The Hall–Kier alpha value is -6.82. The predicted molar refractivity (Wildman–Crippen MR) is 198 cm³/mol. The minimum atomic E-state index is -0.349. The molecule has 0 bridgehead atoms. The van der Waals surface area contributed by atoms with Gasteiger partial charge in [-0.1, -0.05) is 72.8 Å². The van der Waals surface area contributed by atoms with E-state index in [1.54, 1.807) is 17.1 Å². The van der Waals surface area contributed by atoms with E-state index >= 15 is 0 Å². The number of rotatable bonds is 7. The first-order valence-corrected chi connectivity index (χ1v) is 17.3. The molecular weight excluding hydrogens is 653 g/mol. The largest absolute Gasteiger partial charge is 0.377 e. The Kier molecular flexibility index (Phi) is 6.88. The summed E-state index contributed by atoms with van der Waals surface area (Å²) < 4.78 is 3.64. The normalized spacial score (nSPS) is 19.0. The molecule has 4 unspecified atom stereocenters. The molecule has 12 nitrogen and oxygen atoms in total. The van der Waals surface area contributed by atoms with Crippen molar-refractivity contribution >= 4 is 32.9 Å². The third-order valence-electron chi connectivity index (χ3n) is 10.4. The highest BCUT2D eigenvalue weighted by molar-refractivity contribution is 5.98. The molecule has 2 aliphatic rings. The maximum absolute atomic E-state index is 14.2. The molecule has 52 heavy (non-hydrogen) atoms. The molecule has 4 aromatic heterocycles. The number of H-pyrrole nitrogens is 2. The van der Waals surface area contributed by atoms with Crippen molar-refractivity contribution in [3.63, 3.8) is 0 Å². The molecule has 4 aromatic carbocycles. The van der Waals surface area contributed by atoms with Crippen molar-refractivity contribution in [2.75, 3.05) is 10.6 Å². The van der Waals surface area contributed by atoms with Crippen LogP contribution in [0.25, 0.3) is 21.5 Å². The van der Waals surface area contributed by atoms with Gasteiger partial charge in [0.1, 0.15) is 11.6 Å². The lowest BCUT2D eigenvalue weighted by atomic mass is 9.83. The van der Waals surface area contributed by atoms with Crippen LogP contribution in [0.1, 0.15) is 58.1 Å². The Morgan fingerprint density at radius 3 is 2.02 bits per heavy atom. The van der Waals surface area contributed by atoms with Gasteiger partial charge in [-0.05, 0) is 35.4 Å². The first-order chi connectivity index (χ1) is 25.6. The second kappa shape index (κ2) is 11.9. The zero-order valence-corrected chi connectivity index (χ0v) is 27.8. The number of anilines is 2. The van der Waals surface area contributed by atoms with E-state index in [4.69, 9.17) is 10.1 Å². The Balaban J connectivity index is 1.08. The van der Waals surface area contributed by atoms with Crippen LogP contribution in [0.15, 0.2) is 131 Å². The minimum absolute atomic E-state index is 0.164. The van der Waals surface area contributed by atoms with Crippen molar-refractivity contribution < 1.29 is 0 Å². The topological polar surface area (TPSA) is 151 Å². The summed E-state index contributed by atoms with van der Waals surface area (Å²) >= 11 is 0. The van der Waals surface area contributed by atoms with Gasteiger partial charge in [-0.15, -0.1) is 0 Å². The standard InChI is InChI=1S/C40H32N10O2/c51-39-25-13-7-15-27-29(25)35(46-47-39)32(34(45-27)24-11-5-2-6-12-24)38-43-19-20-49(38)21-22-50-40(52)26-14-8-16-28-30(26)36(48-50)31(37-41-17-18-42-37)33(44-28)23-9-3-1-4-10-23/h1-20,31-34,44-45H,21-22H2,(H,41,42)(H,47,51). The van der Waals surface area contributed by atoms with E-state index in [0.29, 0.717) is 23.9 Å². The third-order valence-corrected chi connectivity index (χ3v) is 10.4. The van der Waals surface area contributed by atoms with Gasteiger partial charge in [-0.2, -0.15) is 10.2 Å². The number of nitrogens with one attached hydrogen (secondary N) is 4. The van der Waals surface area contributed by atoms with E-state index in [9.17, 15) is 9.59 Å². The Labute approximate surface area is 296 Å². The summed E-state index contributed by atoms with van der Waals surface area (Å²) in [5, 5.41) is 22.7. The van der Waals surface area contributed by atoms with Gasteiger partial charge in [0.15, 0.2) is 0 Å². The van der Waals surface area contributed by atoms with Crippen LogP contribution in [0, 0.1) is 0 Å². The van der Waals surface area contributed by atoms with Gasteiger partial charge < -0.3 is 20.2 Å². The van der Waals surface area contributed by atoms with E-state index in [-0.39, 0.29) is 35.0 Å². The van der Waals surface area contributed by atoms with Gasteiger partial charge in [0.25, 0.3) is 11.1 Å². The van der Waals surface area contributed by atoms with Crippen LogP contribution in [-0.4, -0.2) is 39.5 Å². The van der Waals surface area contributed by atoms with Crippen molar-refractivity contribution in [2.24, 2.45) is 0 Å². The van der Waals surface area contributed by atoms with Gasteiger partial charge >= 0.3 is 0 Å². The summed E-state index contributed by atoms with van der Waals surface area (Å²) in [6, 6.07) is 31.5. The van der Waals surface area contributed by atoms with E-state index in [2.05, 4.69) is 59.6 Å². The predicted octanol–water partition coefficient (Wildman–Crippen LogP) is 5.85. The second-order valence-corrected chi connectivity index (χ2v) is 13.3. The molecule has 4 atom stereocenters. The molecule has 6 heterocycles. The molecular formula is C40H32N10O2. The average molecular weight is 685 g/mol. The lowest BCUT2D eigenvalue weighted by molar-refractivity contribution is 0.472. The van der Waals surface area contributed by atoms with Crippen LogP contribution in [0.2, 0.25) is 0 Å². The highest BCUT2D eigenvalue weighted by atomic mass is 16.1. The van der Waals surface area contributed by atoms with Crippen LogP contribution in [0.3, 0.4) is 0 Å².